The van der Waals surface area contributed by atoms with E-state index in [2.05, 4.69) is 50.3 Å². The van der Waals surface area contributed by atoms with E-state index in [-0.39, 0.29) is 25.8 Å². The van der Waals surface area contributed by atoms with Gasteiger partial charge < -0.3 is 18.9 Å². The third-order valence-corrected chi connectivity index (χ3v) is 11.5. The number of quaternary nitrogens is 1. The van der Waals surface area contributed by atoms with Gasteiger partial charge in [-0.1, -0.05) is 198 Å². The average Bonchev–Trinajstić information content (AvgIpc) is 3.18. The van der Waals surface area contributed by atoms with Gasteiger partial charge in [0, 0.05) is 13.0 Å². The number of hydrogen-bond acceptors (Lipinski definition) is 6. The van der Waals surface area contributed by atoms with Crippen LogP contribution in [-0.4, -0.2) is 75.6 Å². The van der Waals surface area contributed by atoms with Crippen LogP contribution in [-0.2, 0) is 27.9 Å². The Morgan fingerprint density at radius 2 is 1.00 bits per heavy atom. The lowest BCUT2D eigenvalue weighted by atomic mass is 10.0. The smallest absolute Gasteiger partial charge is 0.457 e. The molecule has 0 aromatic rings. The molecule has 0 aliphatic heterocycles. The van der Waals surface area contributed by atoms with Crippen LogP contribution in [0.1, 0.15) is 213 Å². The van der Waals surface area contributed by atoms with Crippen molar-refractivity contribution in [1.29, 1.82) is 0 Å². The number of hydrogen-bond donors (Lipinski definition) is 1. The van der Waals surface area contributed by atoms with Crippen molar-refractivity contribution in [1.82, 2.24) is 0 Å². The molecule has 0 bridgehead atoms. The van der Waals surface area contributed by atoms with Gasteiger partial charge in [0.05, 0.1) is 34.4 Å². The van der Waals surface area contributed by atoms with E-state index in [1.165, 1.54) is 122 Å². The minimum absolute atomic E-state index is 0.0848. The second kappa shape index (κ2) is 42.4. The molecular weight excluding hydrogens is 746 g/mol. The molecule has 0 rings (SSSR count). The maximum Gasteiger partial charge on any atom is 0.472 e. The Hall–Kier alpha value is -1.28. The zero-order valence-corrected chi connectivity index (χ0v) is 39.7. The molecule has 0 radical (unpaired) electrons. The quantitative estimate of drug-likeness (QED) is 0.0215. The molecule has 0 heterocycles. The van der Waals surface area contributed by atoms with Crippen LogP contribution in [0, 0.1) is 0 Å². The highest BCUT2D eigenvalue weighted by molar-refractivity contribution is 7.47. The SMILES string of the molecule is CC/C=C\C/C=C\C/C=C\CCCCCCOCC(COP(=O)(O)OCC[N+](C)(C)C)OC(=O)CCCCCCCCCCCCCCCCCCCCCCCC. The van der Waals surface area contributed by atoms with Gasteiger partial charge in [0.25, 0.3) is 0 Å². The lowest BCUT2D eigenvalue weighted by molar-refractivity contribution is -0.870. The number of unbranched alkanes of at least 4 members (excludes halogenated alkanes) is 25. The third-order valence-electron chi connectivity index (χ3n) is 10.5. The van der Waals surface area contributed by atoms with Crippen molar-refractivity contribution in [2.24, 2.45) is 0 Å². The normalized spacial score (nSPS) is 14.0. The van der Waals surface area contributed by atoms with E-state index in [0.29, 0.717) is 24.1 Å². The van der Waals surface area contributed by atoms with Gasteiger partial charge in [0.15, 0.2) is 0 Å². The predicted molar refractivity (Wildman–Crippen MR) is 247 cm³/mol. The van der Waals surface area contributed by atoms with Crippen LogP contribution in [0.5, 0.6) is 0 Å². The van der Waals surface area contributed by atoms with Crippen LogP contribution >= 0.6 is 7.82 Å². The van der Waals surface area contributed by atoms with Gasteiger partial charge in [-0.2, -0.15) is 0 Å². The molecular formula is C49H95NO7P+. The highest BCUT2D eigenvalue weighted by atomic mass is 31.2. The Labute approximate surface area is 359 Å². The van der Waals surface area contributed by atoms with E-state index in [0.717, 1.165) is 70.6 Å². The first-order chi connectivity index (χ1) is 28.1. The first-order valence-corrected chi connectivity index (χ1v) is 25.7. The molecule has 0 saturated heterocycles. The fraction of sp³-hybridized carbons (Fsp3) is 0.857. The molecule has 0 amide bonds. The Bertz CT molecular complexity index is 1020. The second-order valence-corrected chi connectivity index (χ2v) is 18.9. The van der Waals surface area contributed by atoms with E-state index in [9.17, 15) is 14.3 Å². The van der Waals surface area contributed by atoms with Crippen molar-refractivity contribution < 1.29 is 37.3 Å². The van der Waals surface area contributed by atoms with Crippen molar-refractivity contribution in [2.75, 3.05) is 54.1 Å². The van der Waals surface area contributed by atoms with Crippen molar-refractivity contribution in [3.8, 4) is 0 Å². The number of nitrogens with zero attached hydrogens (tertiary/aromatic N) is 1. The number of esters is 1. The summed E-state index contributed by atoms with van der Waals surface area (Å²) < 4.78 is 35.0. The Balaban J connectivity index is 4.13. The number of carbonyl (C=O) groups excluding carboxylic acids is 1. The van der Waals surface area contributed by atoms with Crippen LogP contribution in [0.15, 0.2) is 36.5 Å². The number of phosphoric ester groups is 1. The monoisotopic (exact) mass is 841 g/mol. The lowest BCUT2D eigenvalue weighted by Gasteiger charge is -2.24. The number of likely N-dealkylation sites (N-methyl/N-ethyl adjacent to an activating group) is 1. The topological polar surface area (TPSA) is 91.3 Å². The number of allylic oxidation sites excluding steroid dienone is 6. The minimum Gasteiger partial charge on any atom is -0.457 e. The minimum atomic E-state index is -4.28. The number of phosphoric acid groups is 1. The molecule has 1 N–H and O–H groups in total. The van der Waals surface area contributed by atoms with Gasteiger partial charge in [-0.3, -0.25) is 13.8 Å². The van der Waals surface area contributed by atoms with E-state index in [4.69, 9.17) is 18.5 Å². The number of carbonyl (C=O) groups is 1. The lowest BCUT2D eigenvalue weighted by Crippen LogP contribution is -2.37. The van der Waals surface area contributed by atoms with Gasteiger partial charge in [-0.15, -0.1) is 0 Å². The summed E-state index contributed by atoms with van der Waals surface area (Å²) in [6, 6.07) is 0. The van der Waals surface area contributed by atoms with Gasteiger partial charge in [-0.25, -0.2) is 4.57 Å². The summed E-state index contributed by atoms with van der Waals surface area (Å²) in [6.45, 7) is 5.49. The Morgan fingerprint density at radius 1 is 0.552 bits per heavy atom. The molecule has 8 nitrogen and oxygen atoms in total. The van der Waals surface area contributed by atoms with Crippen molar-refractivity contribution in [3.05, 3.63) is 36.5 Å². The molecule has 0 spiro atoms. The highest BCUT2D eigenvalue weighted by Crippen LogP contribution is 2.43. The fourth-order valence-corrected chi connectivity index (χ4v) is 7.49. The zero-order chi connectivity index (χ0) is 42.7. The van der Waals surface area contributed by atoms with Gasteiger partial charge >= 0.3 is 13.8 Å². The summed E-state index contributed by atoms with van der Waals surface area (Å²) >= 11 is 0. The highest BCUT2D eigenvalue weighted by Gasteiger charge is 2.26. The first-order valence-electron chi connectivity index (χ1n) is 24.2. The van der Waals surface area contributed by atoms with E-state index in [1.54, 1.807) is 0 Å². The van der Waals surface area contributed by atoms with E-state index >= 15 is 0 Å². The van der Waals surface area contributed by atoms with Crippen LogP contribution < -0.4 is 0 Å². The molecule has 0 aromatic heterocycles. The average molecular weight is 841 g/mol. The molecule has 9 heteroatoms. The fourth-order valence-electron chi connectivity index (χ4n) is 6.74. The number of ether oxygens (including phenoxy) is 2. The summed E-state index contributed by atoms with van der Waals surface area (Å²) in [5.41, 5.74) is 0. The summed E-state index contributed by atoms with van der Waals surface area (Å²) in [7, 11) is 1.66. The van der Waals surface area contributed by atoms with Crippen molar-refractivity contribution >= 4 is 13.8 Å². The molecule has 2 unspecified atom stereocenters. The summed E-state index contributed by atoms with van der Waals surface area (Å²) in [5.74, 6) is -0.319. The van der Waals surface area contributed by atoms with Crippen LogP contribution in [0.2, 0.25) is 0 Å². The van der Waals surface area contributed by atoms with Crippen LogP contribution in [0.4, 0.5) is 0 Å². The molecule has 342 valence electrons. The predicted octanol–water partition coefficient (Wildman–Crippen LogP) is 14.6. The Morgan fingerprint density at radius 3 is 1.50 bits per heavy atom. The molecule has 0 aliphatic carbocycles. The van der Waals surface area contributed by atoms with Gasteiger partial charge in [-0.05, 0) is 44.9 Å². The standard InChI is InChI=1S/C49H94NO7P/c1-6-8-10-12-14-16-18-20-22-23-24-25-26-27-28-29-30-32-34-36-38-40-42-49(51)57-48(47-56-58(52,53)55-45-43-50(3,4)5)46-54-44-41-39-37-35-33-31-21-19-17-15-13-11-9-7-2/h9,11,15,17,21,31,48H,6-8,10,12-14,16,18-20,22-30,32-47H2,1-5H3/p+1/b11-9-,17-15-,31-21-. The Kier molecular flexibility index (Phi) is 41.5. The van der Waals surface area contributed by atoms with Gasteiger partial charge in [0.2, 0.25) is 0 Å². The molecule has 0 aliphatic rings. The third kappa shape index (κ3) is 45.8. The first kappa shape index (κ1) is 56.7. The van der Waals surface area contributed by atoms with Crippen LogP contribution in [0.3, 0.4) is 0 Å². The molecule has 0 fully saturated rings. The maximum absolute atomic E-state index is 12.7. The zero-order valence-electron chi connectivity index (χ0n) is 38.8. The van der Waals surface area contributed by atoms with Crippen molar-refractivity contribution in [2.45, 2.75) is 219 Å². The molecule has 0 aromatic carbocycles. The summed E-state index contributed by atoms with van der Waals surface area (Å²) in [4.78, 5) is 22.9. The summed E-state index contributed by atoms with van der Waals surface area (Å²) in [6.07, 6.45) is 50.5. The van der Waals surface area contributed by atoms with E-state index in [1.807, 2.05) is 21.1 Å². The maximum atomic E-state index is 12.7. The second-order valence-electron chi connectivity index (χ2n) is 17.5. The van der Waals surface area contributed by atoms with Crippen molar-refractivity contribution in [3.63, 3.8) is 0 Å². The molecule has 0 saturated carbocycles. The molecule has 2 atom stereocenters. The van der Waals surface area contributed by atoms with Gasteiger partial charge in [0.1, 0.15) is 19.3 Å². The molecule has 58 heavy (non-hydrogen) atoms. The van der Waals surface area contributed by atoms with E-state index < -0.39 is 13.9 Å². The van der Waals surface area contributed by atoms with Crippen LogP contribution in [0.25, 0.3) is 0 Å². The largest absolute Gasteiger partial charge is 0.472 e. The number of rotatable bonds is 45. The summed E-state index contributed by atoms with van der Waals surface area (Å²) in [5, 5.41) is 0.